The lowest BCUT2D eigenvalue weighted by Gasteiger charge is -2.16. The van der Waals surface area contributed by atoms with Gasteiger partial charge in [0.05, 0.1) is 13.7 Å². The number of benzene rings is 1. The van der Waals surface area contributed by atoms with Gasteiger partial charge in [-0.1, -0.05) is 18.2 Å². The Bertz CT molecular complexity index is 946. The molecule has 9 heteroatoms. The molecule has 0 aliphatic rings. The summed E-state index contributed by atoms with van der Waals surface area (Å²) in [6, 6.07) is 13.5. The van der Waals surface area contributed by atoms with E-state index in [1.165, 1.54) is 0 Å². The van der Waals surface area contributed by atoms with Crippen LogP contribution in [0.25, 0.3) is 5.65 Å². The van der Waals surface area contributed by atoms with Crippen LogP contribution in [0.15, 0.2) is 53.7 Å². The topological polar surface area (TPSA) is 85.1 Å². The van der Waals surface area contributed by atoms with E-state index in [1.54, 1.807) is 7.11 Å². The standard InChI is InChI=1S/C21H28N6O2.HI/c1-4-22-21(23-13-12-20-26-25-19-11-7-8-14-27(19)20)24-15-16(2)29-18-10-6-5-9-17(18)28-3;/h5-11,14,16H,4,12-13,15H2,1-3H3,(H2,22,23,24);1H. The summed E-state index contributed by atoms with van der Waals surface area (Å²) < 4.78 is 13.3. The molecule has 0 aliphatic heterocycles. The number of aliphatic imine (C=N–C) groups is 1. The van der Waals surface area contributed by atoms with Crippen molar-refractivity contribution >= 4 is 35.6 Å². The molecule has 0 amide bonds. The molecule has 1 atom stereocenters. The number of rotatable bonds is 9. The first-order valence-corrected chi connectivity index (χ1v) is 9.81. The summed E-state index contributed by atoms with van der Waals surface area (Å²) >= 11 is 0. The van der Waals surface area contributed by atoms with Gasteiger partial charge in [0.15, 0.2) is 23.1 Å². The van der Waals surface area contributed by atoms with Crippen LogP contribution in [0.3, 0.4) is 0 Å². The van der Waals surface area contributed by atoms with Crippen molar-refractivity contribution in [3.05, 3.63) is 54.5 Å². The smallest absolute Gasteiger partial charge is 0.191 e. The average Bonchev–Trinajstić information content (AvgIpc) is 3.15. The van der Waals surface area contributed by atoms with Crippen molar-refractivity contribution in [3.8, 4) is 11.5 Å². The molecule has 2 aromatic heterocycles. The number of fused-ring (bicyclic) bond motifs is 1. The van der Waals surface area contributed by atoms with Crippen molar-refractivity contribution in [2.75, 3.05) is 26.7 Å². The van der Waals surface area contributed by atoms with Gasteiger partial charge >= 0.3 is 0 Å². The van der Waals surface area contributed by atoms with Gasteiger partial charge in [-0.25, -0.2) is 4.99 Å². The quantitative estimate of drug-likeness (QED) is 0.255. The van der Waals surface area contributed by atoms with E-state index < -0.39 is 0 Å². The Morgan fingerprint density at radius 2 is 1.87 bits per heavy atom. The number of ether oxygens (including phenoxy) is 2. The summed E-state index contributed by atoms with van der Waals surface area (Å²) in [7, 11) is 1.64. The molecule has 0 spiro atoms. The maximum Gasteiger partial charge on any atom is 0.191 e. The van der Waals surface area contributed by atoms with Gasteiger partial charge in [0.1, 0.15) is 11.9 Å². The number of hydrogen-bond donors (Lipinski definition) is 2. The SMILES string of the molecule is CCNC(=NCC(C)Oc1ccccc1OC)NCCc1nnc2ccccn12.I. The molecule has 162 valence electrons. The highest BCUT2D eigenvalue weighted by atomic mass is 127. The molecule has 1 unspecified atom stereocenters. The number of hydrogen-bond acceptors (Lipinski definition) is 5. The number of pyridine rings is 1. The average molecular weight is 524 g/mol. The van der Waals surface area contributed by atoms with E-state index in [-0.39, 0.29) is 30.1 Å². The number of guanidine groups is 1. The molecule has 0 radical (unpaired) electrons. The van der Waals surface area contributed by atoms with Crippen molar-refractivity contribution in [3.63, 3.8) is 0 Å². The number of methoxy groups -OCH3 is 1. The van der Waals surface area contributed by atoms with Crippen LogP contribution in [0.1, 0.15) is 19.7 Å². The Kier molecular flexibility index (Phi) is 9.65. The van der Waals surface area contributed by atoms with Crippen molar-refractivity contribution in [1.29, 1.82) is 0 Å². The Balaban J connectivity index is 0.00000320. The van der Waals surface area contributed by atoms with E-state index >= 15 is 0 Å². The molecule has 1 aromatic carbocycles. The summed E-state index contributed by atoms with van der Waals surface area (Å²) in [5.74, 6) is 3.09. The second-order valence-corrected chi connectivity index (χ2v) is 6.52. The molecule has 30 heavy (non-hydrogen) atoms. The van der Waals surface area contributed by atoms with Crippen molar-refractivity contribution in [2.45, 2.75) is 26.4 Å². The monoisotopic (exact) mass is 524 g/mol. The van der Waals surface area contributed by atoms with Crippen LogP contribution in [0, 0.1) is 0 Å². The minimum absolute atomic E-state index is 0. The lowest BCUT2D eigenvalue weighted by molar-refractivity contribution is 0.219. The molecule has 2 N–H and O–H groups in total. The highest BCUT2D eigenvalue weighted by molar-refractivity contribution is 14.0. The molecule has 2 heterocycles. The maximum atomic E-state index is 5.97. The normalized spacial score (nSPS) is 12.2. The number of nitrogens with zero attached hydrogens (tertiary/aromatic N) is 4. The predicted octanol–water partition coefficient (Wildman–Crippen LogP) is 2.92. The molecule has 3 rings (SSSR count). The van der Waals surface area contributed by atoms with Crippen LogP contribution >= 0.6 is 24.0 Å². The van der Waals surface area contributed by atoms with Crippen LogP contribution < -0.4 is 20.1 Å². The summed E-state index contributed by atoms with van der Waals surface area (Å²) in [5, 5.41) is 15.0. The lowest BCUT2D eigenvalue weighted by atomic mass is 10.3. The highest BCUT2D eigenvalue weighted by Gasteiger charge is 2.09. The zero-order chi connectivity index (χ0) is 20.5. The molecule has 3 aromatic rings. The van der Waals surface area contributed by atoms with Gasteiger partial charge in [-0.3, -0.25) is 4.40 Å². The first kappa shape index (κ1) is 23.7. The van der Waals surface area contributed by atoms with Gasteiger partial charge in [0.25, 0.3) is 0 Å². The van der Waals surface area contributed by atoms with Crippen LogP contribution in [0.5, 0.6) is 11.5 Å². The van der Waals surface area contributed by atoms with E-state index in [4.69, 9.17) is 9.47 Å². The van der Waals surface area contributed by atoms with Gasteiger partial charge in [-0.15, -0.1) is 34.2 Å². The van der Waals surface area contributed by atoms with Crippen molar-refractivity contribution in [1.82, 2.24) is 25.2 Å². The van der Waals surface area contributed by atoms with E-state index in [9.17, 15) is 0 Å². The number of nitrogens with one attached hydrogen (secondary N) is 2. The fourth-order valence-corrected chi connectivity index (χ4v) is 2.89. The third-order valence-electron chi connectivity index (χ3n) is 4.27. The number of aromatic nitrogens is 3. The Morgan fingerprint density at radius 1 is 1.10 bits per heavy atom. The minimum Gasteiger partial charge on any atom is -0.493 e. The van der Waals surface area contributed by atoms with Crippen LogP contribution in [-0.4, -0.2) is 53.4 Å². The summed E-state index contributed by atoms with van der Waals surface area (Å²) in [4.78, 5) is 4.63. The van der Waals surface area contributed by atoms with Crippen molar-refractivity contribution in [2.24, 2.45) is 4.99 Å². The molecule has 0 fully saturated rings. The van der Waals surface area contributed by atoms with E-state index in [2.05, 4.69) is 25.8 Å². The molecule has 0 saturated carbocycles. The van der Waals surface area contributed by atoms with Crippen LogP contribution in [0.2, 0.25) is 0 Å². The molecule has 0 bridgehead atoms. The Hall–Kier alpha value is -2.56. The maximum absolute atomic E-state index is 5.97. The van der Waals surface area contributed by atoms with Gasteiger partial charge in [-0.2, -0.15) is 0 Å². The van der Waals surface area contributed by atoms with Crippen LogP contribution in [0.4, 0.5) is 0 Å². The lowest BCUT2D eigenvalue weighted by Crippen LogP contribution is -2.39. The Morgan fingerprint density at radius 3 is 2.63 bits per heavy atom. The third-order valence-corrected chi connectivity index (χ3v) is 4.27. The van der Waals surface area contributed by atoms with Gasteiger partial charge in [0.2, 0.25) is 0 Å². The summed E-state index contributed by atoms with van der Waals surface area (Å²) in [6.45, 7) is 6.02. The molecule has 0 aliphatic carbocycles. The van der Waals surface area contributed by atoms with Gasteiger partial charge in [-0.05, 0) is 38.1 Å². The highest BCUT2D eigenvalue weighted by Crippen LogP contribution is 2.26. The largest absolute Gasteiger partial charge is 0.493 e. The first-order chi connectivity index (χ1) is 14.2. The second-order valence-electron chi connectivity index (χ2n) is 6.52. The van der Waals surface area contributed by atoms with E-state index in [0.717, 1.165) is 30.4 Å². The molecule has 8 nitrogen and oxygen atoms in total. The first-order valence-electron chi connectivity index (χ1n) is 9.81. The van der Waals surface area contributed by atoms with E-state index in [1.807, 2.05) is 66.9 Å². The fraction of sp³-hybridized carbons (Fsp3) is 0.381. The zero-order valence-electron chi connectivity index (χ0n) is 17.5. The fourth-order valence-electron chi connectivity index (χ4n) is 2.89. The summed E-state index contributed by atoms with van der Waals surface area (Å²) in [5.41, 5.74) is 0.852. The number of para-hydroxylation sites is 2. The molecular formula is C21H29IN6O2. The third kappa shape index (κ3) is 6.48. The van der Waals surface area contributed by atoms with Gasteiger partial charge < -0.3 is 20.1 Å². The van der Waals surface area contributed by atoms with Crippen LogP contribution in [-0.2, 0) is 6.42 Å². The second kappa shape index (κ2) is 12.2. The molecule has 0 saturated heterocycles. The van der Waals surface area contributed by atoms with Gasteiger partial charge in [0, 0.05) is 25.7 Å². The van der Waals surface area contributed by atoms with Crippen molar-refractivity contribution < 1.29 is 9.47 Å². The number of halogens is 1. The Labute approximate surface area is 194 Å². The molecular weight excluding hydrogens is 495 g/mol. The minimum atomic E-state index is -0.0952. The predicted molar refractivity (Wildman–Crippen MR) is 129 cm³/mol. The zero-order valence-corrected chi connectivity index (χ0v) is 19.9. The summed E-state index contributed by atoms with van der Waals surface area (Å²) in [6.07, 6.45) is 2.62. The van der Waals surface area contributed by atoms with E-state index in [0.29, 0.717) is 24.6 Å².